The molecule has 1 saturated heterocycles. The second-order valence-electron chi connectivity index (χ2n) is 23.9. The molecule has 0 bridgehead atoms. The molecule has 8 heteroatoms. The third kappa shape index (κ3) is 48.5. The molecular formula is C67H138N4S4. The van der Waals surface area contributed by atoms with Crippen molar-refractivity contribution in [3.8, 4) is 0 Å². The van der Waals surface area contributed by atoms with E-state index >= 15 is 0 Å². The van der Waals surface area contributed by atoms with E-state index in [4.69, 9.17) is 0 Å². The Morgan fingerprint density at radius 2 is 0.627 bits per heavy atom. The molecule has 1 fully saturated rings. The van der Waals surface area contributed by atoms with Gasteiger partial charge in [0.2, 0.25) is 0 Å². The van der Waals surface area contributed by atoms with Gasteiger partial charge in [-0.05, 0) is 62.7 Å². The normalized spacial score (nSPS) is 16.1. The molecule has 0 saturated carbocycles. The third-order valence-electron chi connectivity index (χ3n) is 16.7. The minimum atomic E-state index is 0.700. The summed E-state index contributed by atoms with van der Waals surface area (Å²) >= 11 is 8.91. The Hall–Kier alpha value is 1.24. The monoisotopic (exact) mass is 1130 g/mol. The zero-order valence-corrected chi connectivity index (χ0v) is 55.7. The maximum Gasteiger partial charge on any atom is 0.0314 e. The van der Waals surface area contributed by atoms with E-state index in [0.29, 0.717) is 12.1 Å². The average molecular weight is 1130 g/mol. The van der Waals surface area contributed by atoms with Gasteiger partial charge in [0.15, 0.2) is 0 Å². The lowest BCUT2D eigenvalue weighted by atomic mass is 10.0. The Balaban J connectivity index is 2.68. The highest BCUT2D eigenvalue weighted by Crippen LogP contribution is 2.24. The van der Waals surface area contributed by atoms with Crippen molar-refractivity contribution in [1.82, 2.24) is 19.6 Å². The summed E-state index contributed by atoms with van der Waals surface area (Å²) in [6, 6.07) is 1.40. The Kier molecular flexibility index (Phi) is 59.3. The van der Waals surface area contributed by atoms with Crippen LogP contribution in [0.25, 0.3) is 0 Å². The van der Waals surface area contributed by atoms with Crippen LogP contribution in [0.5, 0.6) is 0 Å². The number of thioether (sulfide) groups is 4. The minimum Gasteiger partial charge on any atom is -0.303 e. The molecule has 3 unspecified atom stereocenters. The molecule has 450 valence electrons. The second kappa shape index (κ2) is 59.8. The maximum atomic E-state index is 2.97. The topological polar surface area (TPSA) is 13.0 Å². The van der Waals surface area contributed by atoms with Gasteiger partial charge in [-0.1, -0.05) is 273 Å². The van der Waals surface area contributed by atoms with Crippen molar-refractivity contribution in [1.29, 1.82) is 0 Å². The van der Waals surface area contributed by atoms with Crippen molar-refractivity contribution >= 4 is 47.0 Å². The lowest BCUT2D eigenvalue weighted by Crippen LogP contribution is -2.60. The standard InChI is InChI=1S/C67H138N4S4/c1-8-14-18-22-26-30-33-37-41-45-49-68(50-46-42-38-34-31-27-23-19-15-9-2)52-56-74-58-54-70-61-67(64-73-13-6)71(62-66(70)63-72-12-5)55-59-75-57-53-69(51-47-43-39-35-32-28-24-20-16-10-3)60-65(7)48-44-40-36-29-25-21-17-11-4/h65-67H,8-64H2,1-7H3. The maximum absolute atomic E-state index is 2.97. The summed E-state index contributed by atoms with van der Waals surface area (Å²) in [6.07, 6.45) is 56.1. The molecular weight excluding hydrogens is 989 g/mol. The van der Waals surface area contributed by atoms with E-state index in [2.05, 4.69) is 115 Å². The minimum absolute atomic E-state index is 0.700. The predicted octanol–water partition coefficient (Wildman–Crippen LogP) is 20.8. The fourth-order valence-electron chi connectivity index (χ4n) is 11.7. The van der Waals surface area contributed by atoms with Crippen molar-refractivity contribution < 1.29 is 0 Å². The van der Waals surface area contributed by atoms with Crippen LogP contribution in [0.3, 0.4) is 0 Å². The molecule has 4 nitrogen and oxygen atoms in total. The van der Waals surface area contributed by atoms with E-state index in [0.717, 1.165) is 5.92 Å². The summed E-state index contributed by atoms with van der Waals surface area (Å²) < 4.78 is 0. The molecule has 0 aliphatic carbocycles. The lowest BCUT2D eigenvalue weighted by Gasteiger charge is -2.46. The number of rotatable bonds is 62. The van der Waals surface area contributed by atoms with E-state index in [1.54, 1.807) is 0 Å². The first-order valence-electron chi connectivity index (χ1n) is 34.3. The van der Waals surface area contributed by atoms with Crippen molar-refractivity contribution in [3.05, 3.63) is 0 Å². The molecule has 0 amide bonds. The van der Waals surface area contributed by atoms with E-state index < -0.39 is 0 Å². The zero-order valence-electron chi connectivity index (χ0n) is 52.5. The first kappa shape index (κ1) is 74.3. The van der Waals surface area contributed by atoms with Gasteiger partial charge in [-0.2, -0.15) is 47.0 Å². The Morgan fingerprint density at radius 3 is 0.960 bits per heavy atom. The van der Waals surface area contributed by atoms with Gasteiger partial charge in [0.1, 0.15) is 0 Å². The highest BCUT2D eigenvalue weighted by molar-refractivity contribution is 7.99. The quantitative estimate of drug-likeness (QED) is 0.0552. The zero-order chi connectivity index (χ0) is 54.2. The predicted molar refractivity (Wildman–Crippen MR) is 356 cm³/mol. The molecule has 0 aromatic rings. The van der Waals surface area contributed by atoms with Gasteiger partial charge < -0.3 is 9.80 Å². The fourth-order valence-corrected chi connectivity index (χ4v) is 15.2. The van der Waals surface area contributed by atoms with E-state index in [1.165, 1.54) is 362 Å². The van der Waals surface area contributed by atoms with Crippen molar-refractivity contribution in [2.24, 2.45) is 5.92 Å². The number of nitrogens with zero attached hydrogens (tertiary/aromatic N) is 4. The first-order chi connectivity index (χ1) is 37.0. The van der Waals surface area contributed by atoms with Gasteiger partial charge in [-0.3, -0.25) is 9.80 Å². The average Bonchev–Trinajstić information content (AvgIpc) is 3.41. The van der Waals surface area contributed by atoms with Crippen LogP contribution in [0, 0.1) is 5.92 Å². The molecule has 1 aliphatic heterocycles. The third-order valence-corrected chi connectivity index (χ3v) is 20.6. The summed E-state index contributed by atoms with van der Waals surface area (Å²) in [5.41, 5.74) is 0. The summed E-state index contributed by atoms with van der Waals surface area (Å²) in [5.74, 6) is 11.1. The van der Waals surface area contributed by atoms with Gasteiger partial charge >= 0.3 is 0 Å². The highest BCUT2D eigenvalue weighted by Gasteiger charge is 2.33. The summed E-state index contributed by atoms with van der Waals surface area (Å²) in [7, 11) is 0. The van der Waals surface area contributed by atoms with Crippen LogP contribution in [-0.2, 0) is 0 Å². The van der Waals surface area contributed by atoms with Gasteiger partial charge in [0.05, 0.1) is 0 Å². The molecule has 1 aliphatic rings. The molecule has 0 spiro atoms. The van der Waals surface area contributed by atoms with Crippen molar-refractivity contribution in [2.45, 2.75) is 311 Å². The largest absolute Gasteiger partial charge is 0.303 e. The van der Waals surface area contributed by atoms with Crippen LogP contribution in [0.1, 0.15) is 299 Å². The van der Waals surface area contributed by atoms with Crippen LogP contribution in [-0.4, -0.2) is 143 Å². The summed E-state index contributed by atoms with van der Waals surface area (Å²) in [6.45, 7) is 29.6. The van der Waals surface area contributed by atoms with Crippen molar-refractivity contribution in [2.75, 3.05) is 111 Å². The number of piperazine rings is 1. The smallest absolute Gasteiger partial charge is 0.0314 e. The highest BCUT2D eigenvalue weighted by atomic mass is 32.2. The lowest BCUT2D eigenvalue weighted by molar-refractivity contribution is 0.0556. The molecule has 0 aromatic heterocycles. The summed E-state index contributed by atoms with van der Waals surface area (Å²) in [5, 5.41) is 0. The van der Waals surface area contributed by atoms with Gasteiger partial charge in [-0.25, -0.2) is 0 Å². The van der Waals surface area contributed by atoms with Crippen LogP contribution >= 0.6 is 47.0 Å². The van der Waals surface area contributed by atoms with Gasteiger partial charge in [0, 0.05) is 92.4 Å². The molecule has 3 atom stereocenters. The van der Waals surface area contributed by atoms with Crippen LogP contribution in [0.15, 0.2) is 0 Å². The summed E-state index contributed by atoms with van der Waals surface area (Å²) in [4.78, 5) is 11.7. The number of unbranched alkanes of at least 4 members (excludes halogenated alkanes) is 34. The van der Waals surface area contributed by atoms with E-state index in [9.17, 15) is 0 Å². The van der Waals surface area contributed by atoms with Crippen LogP contribution in [0.4, 0.5) is 0 Å². The van der Waals surface area contributed by atoms with Crippen molar-refractivity contribution in [3.63, 3.8) is 0 Å². The Morgan fingerprint density at radius 1 is 0.333 bits per heavy atom. The molecule has 1 heterocycles. The van der Waals surface area contributed by atoms with E-state index in [-0.39, 0.29) is 0 Å². The number of hydrogen-bond acceptors (Lipinski definition) is 8. The van der Waals surface area contributed by atoms with Crippen LogP contribution < -0.4 is 0 Å². The Bertz CT molecular complexity index is 1060. The second-order valence-corrected chi connectivity index (χ2v) is 29.0. The molecule has 0 radical (unpaired) electrons. The molecule has 0 aromatic carbocycles. The van der Waals surface area contributed by atoms with Gasteiger partial charge in [-0.15, -0.1) is 0 Å². The molecule has 75 heavy (non-hydrogen) atoms. The SMILES string of the molecule is CCCCCCCCCCCCN(CCCCCCCCCCCC)CCSCCN1CC(CSCC)N(CCSCCN(CCCCCCCCCCCC)CC(C)CCCCCCCCCC)CC1CSCC. The molecule has 1 rings (SSSR count). The fraction of sp³-hybridized carbons (Fsp3) is 1.00. The van der Waals surface area contributed by atoms with E-state index in [1.807, 2.05) is 0 Å². The molecule has 0 N–H and O–H groups in total. The van der Waals surface area contributed by atoms with Gasteiger partial charge in [0.25, 0.3) is 0 Å². The van der Waals surface area contributed by atoms with Crippen LogP contribution in [0.2, 0.25) is 0 Å². The first-order valence-corrected chi connectivity index (χ1v) is 38.9. The Labute approximate surface area is 491 Å². The number of hydrogen-bond donors (Lipinski definition) is 0.